The van der Waals surface area contributed by atoms with Gasteiger partial charge in [-0.2, -0.15) is 12.6 Å². The van der Waals surface area contributed by atoms with Crippen LogP contribution in [-0.4, -0.2) is 20.2 Å². The van der Waals surface area contributed by atoms with E-state index in [2.05, 4.69) is 25.7 Å². The molecule has 0 amide bonds. The molecule has 1 fully saturated rings. The predicted octanol–water partition coefficient (Wildman–Crippen LogP) is 3.47. The highest BCUT2D eigenvalue weighted by Gasteiger charge is 2.30. The molecule has 0 N–H and O–H groups in total. The third-order valence-corrected chi connectivity index (χ3v) is 5.57. The summed E-state index contributed by atoms with van der Waals surface area (Å²) >= 11 is 4.22. The molecule has 1 rings (SSSR count). The van der Waals surface area contributed by atoms with E-state index in [1.165, 1.54) is 38.1 Å². The van der Waals surface area contributed by atoms with Gasteiger partial charge in [0, 0.05) is 6.10 Å². The molecule has 1 saturated heterocycles. The Balaban J connectivity index is 2.19. The van der Waals surface area contributed by atoms with E-state index >= 15 is 0 Å². The monoisotopic (exact) mass is 218 g/mol. The third-order valence-electron chi connectivity index (χ3n) is 2.72. The van der Waals surface area contributed by atoms with E-state index in [1.807, 2.05) is 0 Å². The highest BCUT2D eigenvalue weighted by atomic mass is 32.1. The highest BCUT2D eigenvalue weighted by molar-refractivity contribution is 7.80. The highest BCUT2D eigenvalue weighted by Crippen LogP contribution is 2.28. The van der Waals surface area contributed by atoms with Crippen molar-refractivity contribution in [1.82, 2.24) is 0 Å². The molecule has 78 valence electrons. The SMILES string of the molecule is C[Si]1(C)CCCC(CCCCS)O1. The smallest absolute Gasteiger partial charge is 0.187 e. The van der Waals surface area contributed by atoms with Crippen LogP contribution in [-0.2, 0) is 4.43 Å². The van der Waals surface area contributed by atoms with E-state index < -0.39 is 8.32 Å². The second-order valence-corrected chi connectivity index (χ2v) is 9.31. The van der Waals surface area contributed by atoms with E-state index in [-0.39, 0.29) is 0 Å². The van der Waals surface area contributed by atoms with Crippen molar-refractivity contribution >= 4 is 20.9 Å². The molecule has 0 radical (unpaired) electrons. The summed E-state index contributed by atoms with van der Waals surface area (Å²) in [7, 11) is -1.23. The van der Waals surface area contributed by atoms with Crippen LogP contribution in [0.15, 0.2) is 0 Å². The number of hydrogen-bond donors (Lipinski definition) is 1. The van der Waals surface area contributed by atoms with Gasteiger partial charge in [0.15, 0.2) is 8.32 Å². The minimum Gasteiger partial charge on any atom is -0.414 e. The van der Waals surface area contributed by atoms with Gasteiger partial charge in [0.2, 0.25) is 0 Å². The zero-order valence-corrected chi connectivity index (χ0v) is 10.8. The normalized spacial score (nSPS) is 27.5. The summed E-state index contributed by atoms with van der Waals surface area (Å²) in [6.07, 6.45) is 7.06. The van der Waals surface area contributed by atoms with E-state index in [0.29, 0.717) is 6.10 Å². The summed E-state index contributed by atoms with van der Waals surface area (Å²) in [6.45, 7) is 4.69. The maximum atomic E-state index is 6.13. The molecular weight excluding hydrogens is 196 g/mol. The Morgan fingerprint density at radius 3 is 2.77 bits per heavy atom. The molecule has 1 nitrogen and oxygen atoms in total. The number of hydrogen-bond acceptors (Lipinski definition) is 2. The topological polar surface area (TPSA) is 9.23 Å². The molecule has 1 heterocycles. The molecule has 1 atom stereocenters. The molecule has 1 unspecified atom stereocenters. The van der Waals surface area contributed by atoms with Gasteiger partial charge < -0.3 is 4.43 Å². The van der Waals surface area contributed by atoms with Crippen molar-refractivity contribution in [1.29, 1.82) is 0 Å². The summed E-state index contributed by atoms with van der Waals surface area (Å²) < 4.78 is 6.13. The average Bonchev–Trinajstić information content (AvgIpc) is 2.03. The maximum Gasteiger partial charge on any atom is 0.187 e. The Morgan fingerprint density at radius 1 is 1.38 bits per heavy atom. The van der Waals surface area contributed by atoms with Gasteiger partial charge in [-0.1, -0.05) is 12.8 Å². The maximum absolute atomic E-state index is 6.13. The number of thiol groups is 1. The van der Waals surface area contributed by atoms with Gasteiger partial charge in [-0.25, -0.2) is 0 Å². The molecule has 0 aromatic rings. The van der Waals surface area contributed by atoms with Crippen molar-refractivity contribution < 1.29 is 4.43 Å². The lowest BCUT2D eigenvalue weighted by Crippen LogP contribution is -2.39. The van der Waals surface area contributed by atoms with Crippen LogP contribution in [0, 0.1) is 0 Å². The molecule has 0 aromatic carbocycles. The van der Waals surface area contributed by atoms with Gasteiger partial charge in [0.25, 0.3) is 0 Å². The second kappa shape index (κ2) is 5.42. The molecule has 13 heavy (non-hydrogen) atoms. The first-order valence-electron chi connectivity index (χ1n) is 5.43. The average molecular weight is 218 g/mol. The van der Waals surface area contributed by atoms with Gasteiger partial charge in [0.05, 0.1) is 0 Å². The molecule has 0 bridgehead atoms. The van der Waals surface area contributed by atoms with Crippen LogP contribution in [0.1, 0.15) is 32.1 Å². The largest absolute Gasteiger partial charge is 0.414 e. The van der Waals surface area contributed by atoms with Crippen molar-refractivity contribution in [2.75, 3.05) is 5.75 Å². The summed E-state index contributed by atoms with van der Waals surface area (Å²) in [5.41, 5.74) is 0. The molecule has 0 spiro atoms. The molecule has 0 aliphatic carbocycles. The second-order valence-electron chi connectivity index (χ2n) is 4.61. The van der Waals surface area contributed by atoms with Crippen LogP contribution in [0.5, 0.6) is 0 Å². The molecule has 0 saturated carbocycles. The van der Waals surface area contributed by atoms with Crippen LogP contribution in [0.3, 0.4) is 0 Å². The fraction of sp³-hybridized carbons (Fsp3) is 1.00. The van der Waals surface area contributed by atoms with Crippen LogP contribution in [0.25, 0.3) is 0 Å². The van der Waals surface area contributed by atoms with Crippen molar-refractivity contribution in [2.24, 2.45) is 0 Å². The minimum absolute atomic E-state index is 0.579. The lowest BCUT2D eigenvalue weighted by atomic mass is 10.1. The van der Waals surface area contributed by atoms with Crippen LogP contribution in [0.2, 0.25) is 19.1 Å². The Hall–Kier alpha value is 0.527. The number of unbranched alkanes of at least 4 members (excludes halogenated alkanes) is 1. The lowest BCUT2D eigenvalue weighted by molar-refractivity contribution is 0.149. The van der Waals surface area contributed by atoms with Crippen LogP contribution in [0.4, 0.5) is 0 Å². The zero-order chi connectivity index (χ0) is 9.73. The van der Waals surface area contributed by atoms with Crippen molar-refractivity contribution in [3.63, 3.8) is 0 Å². The van der Waals surface area contributed by atoms with Crippen LogP contribution >= 0.6 is 12.6 Å². The molecule has 0 aromatic heterocycles. The summed E-state index contributed by atoms with van der Waals surface area (Å²) in [5, 5.41) is 0. The standard InChI is InChI=1S/C10H22OSSi/c1-13(2)9-5-7-10(11-13)6-3-4-8-12/h10,12H,3-9H2,1-2H3. The van der Waals surface area contributed by atoms with Crippen molar-refractivity contribution in [3.05, 3.63) is 0 Å². The molecule has 1 aliphatic rings. The molecular formula is C10H22OSSi. The minimum atomic E-state index is -1.23. The Morgan fingerprint density at radius 2 is 2.15 bits per heavy atom. The first-order chi connectivity index (χ1) is 6.14. The van der Waals surface area contributed by atoms with Crippen molar-refractivity contribution in [2.45, 2.75) is 57.3 Å². The Kier molecular flexibility index (Phi) is 4.84. The van der Waals surface area contributed by atoms with E-state index in [4.69, 9.17) is 4.43 Å². The van der Waals surface area contributed by atoms with E-state index in [0.717, 1.165) is 5.75 Å². The summed E-state index contributed by atoms with van der Waals surface area (Å²) in [5.74, 6) is 1.02. The van der Waals surface area contributed by atoms with Gasteiger partial charge in [-0.15, -0.1) is 0 Å². The van der Waals surface area contributed by atoms with Gasteiger partial charge in [-0.05, 0) is 44.2 Å². The number of rotatable bonds is 4. The quantitative estimate of drug-likeness (QED) is 0.432. The zero-order valence-electron chi connectivity index (χ0n) is 8.88. The Labute approximate surface area is 88.8 Å². The van der Waals surface area contributed by atoms with E-state index in [1.54, 1.807) is 0 Å². The predicted molar refractivity (Wildman–Crippen MR) is 64.1 cm³/mol. The van der Waals surface area contributed by atoms with E-state index in [9.17, 15) is 0 Å². The summed E-state index contributed by atoms with van der Waals surface area (Å²) in [4.78, 5) is 0. The summed E-state index contributed by atoms with van der Waals surface area (Å²) in [6, 6.07) is 1.36. The van der Waals surface area contributed by atoms with Gasteiger partial charge >= 0.3 is 0 Å². The Bertz CT molecular complexity index is 150. The van der Waals surface area contributed by atoms with Crippen LogP contribution < -0.4 is 0 Å². The third kappa shape index (κ3) is 4.52. The lowest BCUT2D eigenvalue weighted by Gasteiger charge is -2.34. The molecule has 3 heteroatoms. The molecule has 1 aliphatic heterocycles. The first kappa shape index (κ1) is 11.6. The fourth-order valence-electron chi connectivity index (χ4n) is 2.01. The first-order valence-corrected chi connectivity index (χ1v) is 9.17. The van der Waals surface area contributed by atoms with Gasteiger partial charge in [-0.3, -0.25) is 0 Å². The van der Waals surface area contributed by atoms with Gasteiger partial charge in [0.1, 0.15) is 0 Å². The van der Waals surface area contributed by atoms with Crippen molar-refractivity contribution in [3.8, 4) is 0 Å². The fourth-order valence-corrected chi connectivity index (χ4v) is 4.55.